The Morgan fingerprint density at radius 2 is 1.66 bits per heavy atom. The fourth-order valence-electron chi connectivity index (χ4n) is 4.15. The van der Waals surface area contributed by atoms with Gasteiger partial charge in [-0.05, 0) is 66.9 Å². The second-order valence-electron chi connectivity index (χ2n) is 8.50. The Morgan fingerprint density at radius 3 is 2.40 bits per heavy atom. The molecule has 2 heterocycles. The third-order valence-electron chi connectivity index (χ3n) is 5.97. The van der Waals surface area contributed by atoms with Gasteiger partial charge in [0.2, 0.25) is 11.9 Å². The van der Waals surface area contributed by atoms with Gasteiger partial charge in [-0.2, -0.15) is 0 Å². The number of halogens is 1. The van der Waals surface area contributed by atoms with Crippen LogP contribution in [0.5, 0.6) is 11.5 Å². The number of carbonyl (C=O) groups excluding carboxylic acids is 1. The minimum absolute atomic E-state index is 0.0252. The highest BCUT2D eigenvalue weighted by atomic mass is 19.1. The van der Waals surface area contributed by atoms with Crippen molar-refractivity contribution in [1.82, 2.24) is 9.97 Å². The second kappa shape index (κ2) is 10.3. The molecule has 7 heteroatoms. The van der Waals surface area contributed by atoms with E-state index >= 15 is 0 Å². The number of hydrogen-bond acceptors (Lipinski definition) is 5. The van der Waals surface area contributed by atoms with Crippen LogP contribution in [0.25, 0.3) is 11.1 Å². The zero-order valence-electron chi connectivity index (χ0n) is 19.1. The van der Waals surface area contributed by atoms with E-state index in [2.05, 4.69) is 15.3 Å². The number of ether oxygens (including phenoxy) is 1. The van der Waals surface area contributed by atoms with Crippen molar-refractivity contribution in [3.63, 3.8) is 0 Å². The summed E-state index contributed by atoms with van der Waals surface area (Å²) in [5.41, 5.74) is 2.20. The molecule has 5 rings (SSSR count). The van der Waals surface area contributed by atoms with Crippen LogP contribution in [0.15, 0.2) is 91.3 Å². The summed E-state index contributed by atoms with van der Waals surface area (Å²) >= 11 is 0. The Morgan fingerprint density at radius 1 is 0.914 bits per heavy atom. The van der Waals surface area contributed by atoms with Crippen LogP contribution >= 0.6 is 0 Å². The van der Waals surface area contributed by atoms with Gasteiger partial charge in [-0.15, -0.1) is 0 Å². The molecule has 6 nitrogen and oxygen atoms in total. The van der Waals surface area contributed by atoms with Crippen LogP contribution in [0.4, 0.5) is 16.0 Å². The lowest BCUT2D eigenvalue weighted by Crippen LogP contribution is -2.41. The monoisotopic (exact) mass is 468 g/mol. The molecule has 1 saturated heterocycles. The highest BCUT2D eigenvalue weighted by molar-refractivity contribution is 5.93. The Kier molecular flexibility index (Phi) is 6.66. The molecule has 1 unspecified atom stereocenters. The van der Waals surface area contributed by atoms with Crippen LogP contribution in [0.2, 0.25) is 0 Å². The summed E-state index contributed by atoms with van der Waals surface area (Å²) in [4.78, 5) is 23.9. The Hall–Kier alpha value is -4.26. The van der Waals surface area contributed by atoms with Crippen LogP contribution in [-0.2, 0) is 4.79 Å². The van der Waals surface area contributed by atoms with Crippen molar-refractivity contribution in [3.8, 4) is 22.6 Å². The van der Waals surface area contributed by atoms with E-state index in [0.717, 1.165) is 42.0 Å². The Labute approximate surface area is 203 Å². The number of hydrogen-bond donors (Lipinski definition) is 1. The Balaban J connectivity index is 1.19. The van der Waals surface area contributed by atoms with Gasteiger partial charge in [-0.25, -0.2) is 14.4 Å². The first-order valence-electron chi connectivity index (χ1n) is 11.6. The molecular formula is C28H25FN4O2. The molecule has 3 aromatic carbocycles. The molecule has 1 aromatic heterocycles. The lowest BCUT2D eigenvalue weighted by atomic mass is 9.97. The van der Waals surface area contributed by atoms with Crippen LogP contribution in [0.1, 0.15) is 12.8 Å². The van der Waals surface area contributed by atoms with Crippen molar-refractivity contribution in [2.24, 2.45) is 5.92 Å². The number of rotatable bonds is 6. The quantitative estimate of drug-likeness (QED) is 0.380. The lowest BCUT2D eigenvalue weighted by molar-refractivity contribution is -0.120. The molecule has 35 heavy (non-hydrogen) atoms. The van der Waals surface area contributed by atoms with Crippen LogP contribution < -0.4 is 15.0 Å². The summed E-state index contributed by atoms with van der Waals surface area (Å²) in [5.74, 6) is 1.55. The van der Waals surface area contributed by atoms with Crippen molar-refractivity contribution in [2.75, 3.05) is 23.3 Å². The predicted molar refractivity (Wildman–Crippen MR) is 134 cm³/mol. The highest BCUT2D eigenvalue weighted by Gasteiger charge is 2.27. The smallest absolute Gasteiger partial charge is 0.229 e. The SMILES string of the molecule is O=C(Nc1ccc(Oc2ccccc2)cc1)C1CCCN(c2ncc(-c3cccc(F)c3)cn2)C1. The third kappa shape index (κ3) is 5.63. The van der Waals surface area contributed by atoms with E-state index in [-0.39, 0.29) is 17.6 Å². The van der Waals surface area contributed by atoms with Crippen LogP contribution in [0.3, 0.4) is 0 Å². The lowest BCUT2D eigenvalue weighted by Gasteiger charge is -2.32. The van der Waals surface area contributed by atoms with Crippen molar-refractivity contribution >= 4 is 17.5 Å². The summed E-state index contributed by atoms with van der Waals surface area (Å²) in [6.07, 6.45) is 5.07. The molecule has 1 atom stereocenters. The molecule has 0 aliphatic carbocycles. The molecule has 0 bridgehead atoms. The van der Waals surface area contributed by atoms with Gasteiger partial charge in [0.25, 0.3) is 0 Å². The van der Waals surface area contributed by atoms with Gasteiger partial charge >= 0.3 is 0 Å². The number of anilines is 2. The number of aromatic nitrogens is 2. The molecule has 0 spiro atoms. The van der Waals surface area contributed by atoms with E-state index in [1.54, 1.807) is 18.5 Å². The van der Waals surface area contributed by atoms with Crippen LogP contribution in [0, 0.1) is 11.7 Å². The van der Waals surface area contributed by atoms with Gasteiger partial charge in [0.1, 0.15) is 17.3 Å². The normalized spacial score (nSPS) is 15.5. The van der Waals surface area contributed by atoms with Gasteiger partial charge in [-0.3, -0.25) is 4.79 Å². The predicted octanol–water partition coefficient (Wildman–Crippen LogP) is 5.93. The van der Waals surface area contributed by atoms with E-state index in [9.17, 15) is 9.18 Å². The third-order valence-corrected chi connectivity index (χ3v) is 5.97. The largest absolute Gasteiger partial charge is 0.457 e. The molecule has 1 aliphatic rings. The summed E-state index contributed by atoms with van der Waals surface area (Å²) in [6.45, 7) is 1.33. The standard InChI is InChI=1S/C28H25FN4O2/c29-23-8-4-6-20(16-23)22-17-30-28(31-18-22)33-15-5-7-21(19-33)27(34)32-24-11-13-26(14-12-24)35-25-9-2-1-3-10-25/h1-4,6,8-14,16-18,21H,5,7,15,19H2,(H,32,34). The summed E-state index contributed by atoms with van der Waals surface area (Å²) < 4.78 is 19.3. The molecule has 1 aliphatic heterocycles. The van der Waals surface area contributed by atoms with Gasteiger partial charge in [0, 0.05) is 36.7 Å². The first-order chi connectivity index (χ1) is 17.1. The van der Waals surface area contributed by atoms with Gasteiger partial charge in [0.05, 0.1) is 5.92 Å². The second-order valence-corrected chi connectivity index (χ2v) is 8.50. The van der Waals surface area contributed by atoms with E-state index in [0.29, 0.717) is 18.2 Å². The first kappa shape index (κ1) is 22.5. The maximum Gasteiger partial charge on any atom is 0.229 e. The summed E-state index contributed by atoms with van der Waals surface area (Å²) in [6, 6.07) is 23.3. The molecule has 1 amide bonds. The van der Waals surface area contributed by atoms with Crippen molar-refractivity contribution in [3.05, 3.63) is 97.1 Å². The number of amides is 1. The Bertz CT molecular complexity index is 1280. The van der Waals surface area contributed by atoms with Gasteiger partial charge in [0.15, 0.2) is 0 Å². The van der Waals surface area contributed by atoms with Crippen LogP contribution in [-0.4, -0.2) is 29.0 Å². The zero-order valence-corrected chi connectivity index (χ0v) is 19.1. The number of nitrogens with zero attached hydrogens (tertiary/aromatic N) is 3. The average Bonchev–Trinajstić information content (AvgIpc) is 2.90. The minimum atomic E-state index is -0.296. The molecule has 176 valence electrons. The number of para-hydroxylation sites is 1. The average molecular weight is 469 g/mol. The topological polar surface area (TPSA) is 67.3 Å². The highest BCUT2D eigenvalue weighted by Crippen LogP contribution is 2.26. The van der Waals surface area contributed by atoms with Crippen molar-refractivity contribution in [1.29, 1.82) is 0 Å². The fraction of sp³-hybridized carbons (Fsp3) is 0.179. The fourth-order valence-corrected chi connectivity index (χ4v) is 4.15. The summed E-state index contributed by atoms with van der Waals surface area (Å²) in [7, 11) is 0. The van der Waals surface area contributed by atoms with Crippen molar-refractivity contribution in [2.45, 2.75) is 12.8 Å². The van der Waals surface area contributed by atoms with Crippen molar-refractivity contribution < 1.29 is 13.9 Å². The van der Waals surface area contributed by atoms with E-state index in [1.165, 1.54) is 12.1 Å². The number of benzene rings is 3. The molecular weight excluding hydrogens is 443 g/mol. The van der Waals surface area contributed by atoms with Gasteiger partial charge in [-0.1, -0.05) is 30.3 Å². The minimum Gasteiger partial charge on any atom is -0.457 e. The first-order valence-corrected chi connectivity index (χ1v) is 11.6. The molecule has 1 fully saturated rings. The van der Waals surface area contributed by atoms with E-state index < -0.39 is 0 Å². The maximum absolute atomic E-state index is 13.5. The van der Waals surface area contributed by atoms with E-state index in [1.807, 2.05) is 65.6 Å². The van der Waals surface area contributed by atoms with Gasteiger partial charge < -0.3 is 15.0 Å². The zero-order chi connectivity index (χ0) is 24.0. The number of piperidine rings is 1. The molecule has 1 N–H and O–H groups in total. The number of nitrogens with one attached hydrogen (secondary N) is 1. The number of carbonyl (C=O) groups is 1. The molecule has 0 saturated carbocycles. The summed E-state index contributed by atoms with van der Waals surface area (Å²) in [5, 5.41) is 3.01. The molecule has 4 aromatic rings. The maximum atomic E-state index is 13.5. The van der Waals surface area contributed by atoms with E-state index in [4.69, 9.17) is 4.74 Å². The molecule has 0 radical (unpaired) electrons.